The zero-order valence-corrected chi connectivity index (χ0v) is 13.9. The number of halogens is 2. The lowest BCUT2D eigenvalue weighted by Crippen LogP contribution is -1.94. The van der Waals surface area contributed by atoms with Gasteiger partial charge in [0.05, 0.1) is 16.3 Å². The third-order valence-corrected chi connectivity index (χ3v) is 5.30. The Hall–Kier alpha value is -1.03. The highest BCUT2D eigenvalue weighted by Crippen LogP contribution is 2.39. The maximum Gasteiger partial charge on any atom is 0.126 e. The van der Waals surface area contributed by atoms with Crippen LogP contribution in [-0.2, 0) is 0 Å². The molecule has 1 heterocycles. The van der Waals surface area contributed by atoms with Gasteiger partial charge in [-0.2, -0.15) is 0 Å². The van der Waals surface area contributed by atoms with Crippen LogP contribution < -0.4 is 4.74 Å². The lowest BCUT2D eigenvalue weighted by Gasteiger charge is -2.14. The van der Waals surface area contributed by atoms with Gasteiger partial charge in [0, 0.05) is 5.39 Å². The largest absolute Gasteiger partial charge is 0.496 e. The highest BCUT2D eigenvalue weighted by molar-refractivity contribution is 9.11. The Labute approximate surface area is 135 Å². The molecule has 0 aliphatic carbocycles. The van der Waals surface area contributed by atoms with Gasteiger partial charge in [-0.15, -0.1) is 22.9 Å². The summed E-state index contributed by atoms with van der Waals surface area (Å²) < 4.78 is 6.52. The summed E-state index contributed by atoms with van der Waals surface area (Å²) in [5.74, 6) is 0.875. The highest BCUT2D eigenvalue weighted by Gasteiger charge is 2.16. The molecule has 2 aromatic carbocycles. The van der Waals surface area contributed by atoms with Crippen LogP contribution in [0.15, 0.2) is 51.6 Å². The molecule has 1 aromatic heterocycles. The second-order valence-electron chi connectivity index (χ2n) is 4.45. The fourth-order valence-corrected chi connectivity index (χ4v) is 3.92. The van der Waals surface area contributed by atoms with Crippen molar-refractivity contribution in [1.29, 1.82) is 0 Å². The Kier molecular flexibility index (Phi) is 4.01. The minimum Gasteiger partial charge on any atom is -0.496 e. The molecule has 3 rings (SSSR count). The predicted molar refractivity (Wildman–Crippen MR) is 90.2 cm³/mol. The molecule has 20 heavy (non-hydrogen) atoms. The quantitative estimate of drug-likeness (QED) is 0.516. The van der Waals surface area contributed by atoms with Crippen LogP contribution >= 0.6 is 38.9 Å². The minimum atomic E-state index is -0.159. The van der Waals surface area contributed by atoms with Crippen LogP contribution in [0, 0.1) is 0 Å². The fourth-order valence-electron chi connectivity index (χ4n) is 2.33. The summed E-state index contributed by atoms with van der Waals surface area (Å²) in [6.45, 7) is 0. The molecule has 0 aliphatic heterocycles. The van der Waals surface area contributed by atoms with Crippen LogP contribution in [0.2, 0.25) is 0 Å². The number of hydrogen-bond acceptors (Lipinski definition) is 2. The average Bonchev–Trinajstić information content (AvgIpc) is 2.92. The first kappa shape index (κ1) is 13.9. The van der Waals surface area contributed by atoms with Crippen molar-refractivity contribution in [2.75, 3.05) is 7.11 Å². The van der Waals surface area contributed by atoms with E-state index in [1.807, 2.05) is 24.3 Å². The van der Waals surface area contributed by atoms with Gasteiger partial charge in [0.2, 0.25) is 0 Å². The third-order valence-electron chi connectivity index (χ3n) is 3.29. The normalized spacial score (nSPS) is 12.6. The molecule has 0 spiro atoms. The highest BCUT2D eigenvalue weighted by atomic mass is 79.9. The van der Waals surface area contributed by atoms with E-state index < -0.39 is 0 Å². The van der Waals surface area contributed by atoms with Gasteiger partial charge < -0.3 is 4.74 Å². The number of ether oxygens (including phenoxy) is 1. The van der Waals surface area contributed by atoms with Crippen molar-refractivity contribution in [2.45, 2.75) is 5.38 Å². The van der Waals surface area contributed by atoms with E-state index in [4.69, 9.17) is 16.3 Å². The Morgan fingerprint density at radius 1 is 1.15 bits per heavy atom. The second-order valence-corrected chi connectivity index (χ2v) is 7.18. The van der Waals surface area contributed by atoms with E-state index in [-0.39, 0.29) is 5.38 Å². The maximum atomic E-state index is 6.66. The summed E-state index contributed by atoms with van der Waals surface area (Å²) in [6, 6.07) is 14.3. The molecule has 0 bridgehead atoms. The maximum absolute atomic E-state index is 6.66. The zero-order valence-electron chi connectivity index (χ0n) is 10.8. The smallest absolute Gasteiger partial charge is 0.126 e. The lowest BCUT2D eigenvalue weighted by molar-refractivity contribution is 0.419. The first-order chi connectivity index (χ1) is 9.70. The molecule has 0 saturated carbocycles. The Balaban J connectivity index is 2.17. The van der Waals surface area contributed by atoms with Gasteiger partial charge in [-0.05, 0) is 50.0 Å². The van der Waals surface area contributed by atoms with E-state index in [2.05, 4.69) is 39.5 Å². The first-order valence-corrected chi connectivity index (χ1v) is 8.25. The number of benzene rings is 2. The van der Waals surface area contributed by atoms with Gasteiger partial charge in [0.1, 0.15) is 5.75 Å². The van der Waals surface area contributed by atoms with Gasteiger partial charge in [-0.3, -0.25) is 0 Å². The second kappa shape index (κ2) is 5.76. The molecule has 0 radical (unpaired) electrons. The number of alkyl halides is 1. The summed E-state index contributed by atoms with van der Waals surface area (Å²) in [5, 5.41) is 4.15. The van der Waals surface area contributed by atoms with Crippen LogP contribution in [0.5, 0.6) is 5.75 Å². The van der Waals surface area contributed by atoms with Crippen molar-refractivity contribution in [3.8, 4) is 5.75 Å². The number of thiophene rings is 1. The number of rotatable bonds is 3. The fraction of sp³-hybridized carbons (Fsp3) is 0.125. The van der Waals surface area contributed by atoms with Crippen LogP contribution in [0.4, 0.5) is 0 Å². The van der Waals surface area contributed by atoms with Gasteiger partial charge in [0.15, 0.2) is 0 Å². The van der Waals surface area contributed by atoms with E-state index in [9.17, 15) is 0 Å². The Morgan fingerprint density at radius 2 is 1.90 bits per heavy atom. The van der Waals surface area contributed by atoms with Gasteiger partial charge in [-0.1, -0.05) is 30.3 Å². The van der Waals surface area contributed by atoms with Crippen molar-refractivity contribution in [2.24, 2.45) is 0 Å². The van der Waals surface area contributed by atoms with Crippen LogP contribution in [0.1, 0.15) is 16.5 Å². The summed E-state index contributed by atoms with van der Waals surface area (Å²) in [7, 11) is 1.69. The number of methoxy groups -OCH3 is 1. The summed E-state index contributed by atoms with van der Waals surface area (Å²) >= 11 is 11.8. The number of hydrogen-bond donors (Lipinski definition) is 0. The molecule has 3 aromatic rings. The first-order valence-electron chi connectivity index (χ1n) is 6.14. The molecular weight excluding hydrogens is 356 g/mol. The van der Waals surface area contributed by atoms with Crippen LogP contribution in [0.3, 0.4) is 0 Å². The van der Waals surface area contributed by atoms with Crippen molar-refractivity contribution >= 4 is 49.6 Å². The predicted octanol–water partition coefficient (Wildman–Crippen LogP) is 6.00. The van der Waals surface area contributed by atoms with Crippen LogP contribution in [0.25, 0.3) is 10.8 Å². The van der Waals surface area contributed by atoms with Crippen molar-refractivity contribution in [3.63, 3.8) is 0 Å². The van der Waals surface area contributed by atoms with Gasteiger partial charge in [0.25, 0.3) is 0 Å². The summed E-state index contributed by atoms with van der Waals surface area (Å²) in [5.41, 5.74) is 2.22. The van der Waals surface area contributed by atoms with Gasteiger partial charge >= 0.3 is 0 Å². The third kappa shape index (κ3) is 2.46. The molecule has 4 heteroatoms. The van der Waals surface area contributed by atoms with Crippen molar-refractivity contribution in [1.82, 2.24) is 0 Å². The molecule has 0 amide bonds. The summed E-state index contributed by atoms with van der Waals surface area (Å²) in [6.07, 6.45) is 0. The molecule has 1 unspecified atom stereocenters. The van der Waals surface area contributed by atoms with E-state index in [0.717, 1.165) is 31.4 Å². The van der Waals surface area contributed by atoms with Gasteiger partial charge in [-0.25, -0.2) is 0 Å². The van der Waals surface area contributed by atoms with Crippen molar-refractivity contribution in [3.05, 3.63) is 62.8 Å². The molecule has 0 fully saturated rings. The minimum absolute atomic E-state index is 0.159. The molecule has 0 N–H and O–H groups in total. The molecule has 1 atom stereocenters. The monoisotopic (exact) mass is 366 g/mol. The lowest BCUT2D eigenvalue weighted by atomic mass is 9.98. The van der Waals surface area contributed by atoms with E-state index in [0.29, 0.717) is 0 Å². The van der Waals surface area contributed by atoms with E-state index in [1.165, 1.54) is 0 Å². The standard InChI is InChI=1S/C16H12BrClOS/c1-19-14-7-6-13(11-4-2-3-5-12(11)14)16(18)10-8-15(17)20-9-10/h2-9,16H,1H3. The van der Waals surface area contributed by atoms with Crippen molar-refractivity contribution < 1.29 is 4.74 Å². The van der Waals surface area contributed by atoms with Crippen LogP contribution in [-0.4, -0.2) is 7.11 Å². The molecular formula is C16H12BrClOS. The average molecular weight is 368 g/mol. The summed E-state index contributed by atoms with van der Waals surface area (Å²) in [4.78, 5) is 0. The molecule has 0 saturated heterocycles. The Morgan fingerprint density at radius 3 is 2.55 bits per heavy atom. The van der Waals surface area contributed by atoms with E-state index in [1.54, 1.807) is 18.4 Å². The molecule has 102 valence electrons. The number of fused-ring (bicyclic) bond motifs is 1. The Bertz CT molecular complexity index is 753. The molecule has 0 aliphatic rings. The zero-order chi connectivity index (χ0) is 14.1. The SMILES string of the molecule is COc1ccc(C(Cl)c2csc(Br)c2)c2ccccc12. The molecule has 1 nitrogen and oxygen atoms in total. The topological polar surface area (TPSA) is 9.23 Å². The van der Waals surface area contributed by atoms with E-state index >= 15 is 0 Å².